The van der Waals surface area contributed by atoms with Gasteiger partial charge in [-0.15, -0.1) is 12.8 Å². The summed E-state index contributed by atoms with van der Waals surface area (Å²) in [6, 6.07) is 0. The van der Waals surface area contributed by atoms with Crippen LogP contribution in [-0.4, -0.2) is 3.81 Å². The van der Waals surface area contributed by atoms with Gasteiger partial charge < -0.3 is 24.8 Å². The molecule has 0 spiro atoms. The van der Waals surface area contributed by atoms with E-state index in [0.29, 0.717) is 0 Å². The van der Waals surface area contributed by atoms with Crippen molar-refractivity contribution in [2.45, 2.75) is 79.1 Å². The van der Waals surface area contributed by atoms with Crippen LogP contribution in [-0.2, 0) is 20.0 Å². The van der Waals surface area contributed by atoms with E-state index in [0.717, 1.165) is 12.8 Å². The Morgan fingerprint density at radius 2 is 1.21 bits per heavy atom. The largest absolute Gasteiger partial charge is 1.00 e. The standard InChI is InChI=1S/2C9H13.C3H6.2ClH.Ti/c2*1-2-3-6-9-7-4-5-8-9;1-3-2;;;/h2*4,7H,2-3,5-6H2,1H3;1-2H3;2*1H;/q2*-1;;;;+2/p-2. The zero-order valence-corrected chi connectivity index (χ0v) is 18.8. The second kappa shape index (κ2) is 21.2. The van der Waals surface area contributed by atoms with Crippen LogP contribution in [0.15, 0.2) is 35.5 Å². The van der Waals surface area contributed by atoms with E-state index in [2.05, 4.69) is 84.1 Å². The van der Waals surface area contributed by atoms with E-state index >= 15 is 0 Å². The summed E-state index contributed by atoms with van der Waals surface area (Å²) < 4.78 is 1.42. The summed E-state index contributed by atoms with van der Waals surface area (Å²) in [6.45, 7) is 8.61. The number of hydrogen-bond donors (Lipinski definition) is 0. The third kappa shape index (κ3) is 20.2. The molecule has 0 heterocycles. The minimum Gasteiger partial charge on any atom is -1.00 e. The summed E-state index contributed by atoms with van der Waals surface area (Å²) in [5.74, 6) is 0. The Hall–Kier alpha value is 0.124. The van der Waals surface area contributed by atoms with E-state index in [1.165, 1.54) is 53.5 Å². The zero-order valence-electron chi connectivity index (χ0n) is 15.7. The van der Waals surface area contributed by atoms with E-state index in [-0.39, 0.29) is 24.8 Å². The molecule has 0 aromatic carbocycles. The molecular weight excluding hydrogens is 371 g/mol. The van der Waals surface area contributed by atoms with Gasteiger partial charge in [0.05, 0.1) is 0 Å². The summed E-state index contributed by atoms with van der Waals surface area (Å²) >= 11 is 2.08. The quantitative estimate of drug-likeness (QED) is 0.448. The molecule has 2 rings (SSSR count). The number of hydrogen-bond acceptors (Lipinski definition) is 0. The van der Waals surface area contributed by atoms with Gasteiger partial charge in [-0.2, -0.15) is 12.2 Å². The van der Waals surface area contributed by atoms with Crippen molar-refractivity contribution in [1.82, 2.24) is 0 Å². The maximum absolute atomic E-state index is 3.30. The number of rotatable bonds is 6. The third-order valence-corrected chi connectivity index (χ3v) is 3.13. The van der Waals surface area contributed by atoms with Gasteiger partial charge in [0.25, 0.3) is 0 Å². The van der Waals surface area contributed by atoms with Crippen LogP contribution in [0.4, 0.5) is 0 Å². The van der Waals surface area contributed by atoms with Crippen molar-refractivity contribution in [2.24, 2.45) is 0 Å². The summed E-state index contributed by atoms with van der Waals surface area (Å²) in [5.41, 5.74) is 2.83. The second-order valence-electron chi connectivity index (χ2n) is 5.82. The predicted octanol–water partition coefficient (Wildman–Crippen LogP) is 0.486. The van der Waals surface area contributed by atoms with Gasteiger partial charge in [0.2, 0.25) is 0 Å². The molecule has 0 radical (unpaired) electrons. The smallest absolute Gasteiger partial charge is 1.00 e. The Kier molecular flexibility index (Phi) is 25.5. The molecule has 0 saturated carbocycles. The van der Waals surface area contributed by atoms with Crippen LogP contribution in [0.1, 0.15) is 79.1 Å². The van der Waals surface area contributed by atoms with Crippen LogP contribution >= 0.6 is 0 Å². The first kappa shape index (κ1) is 28.9. The van der Waals surface area contributed by atoms with Crippen molar-refractivity contribution in [3.8, 4) is 0 Å². The minimum absolute atomic E-state index is 0. The SMILES string of the molecule is CCCCC1=[C-]CC=C1.CCCCC1=[C-]CC=C1.C[C](C)=[Ti+2].[Cl-].[Cl-]. The average molecular weight is 403 g/mol. The summed E-state index contributed by atoms with van der Waals surface area (Å²) in [6.07, 6.45) is 25.1. The van der Waals surface area contributed by atoms with Gasteiger partial charge in [0.1, 0.15) is 0 Å². The Morgan fingerprint density at radius 3 is 1.42 bits per heavy atom. The zero-order chi connectivity index (χ0) is 16.6. The van der Waals surface area contributed by atoms with Gasteiger partial charge in [0.15, 0.2) is 0 Å². The van der Waals surface area contributed by atoms with Crippen molar-refractivity contribution < 1.29 is 44.8 Å². The second-order valence-corrected chi connectivity index (χ2v) is 7.39. The number of unbranched alkanes of at least 4 members (excludes halogenated alkanes) is 2. The molecule has 0 bridgehead atoms. The first-order chi connectivity index (χ1) is 10.6. The molecule has 0 aromatic rings. The molecule has 136 valence electrons. The molecular formula is C21H32Cl2Ti-2. The van der Waals surface area contributed by atoms with Crippen LogP contribution in [0, 0.1) is 12.2 Å². The molecule has 24 heavy (non-hydrogen) atoms. The fraction of sp³-hybridized carbons (Fsp3) is 0.571. The predicted molar refractivity (Wildman–Crippen MR) is 96.4 cm³/mol. The summed E-state index contributed by atoms with van der Waals surface area (Å²) in [5, 5.41) is 0. The topological polar surface area (TPSA) is 0 Å². The normalized spacial score (nSPS) is 13.4. The van der Waals surface area contributed by atoms with E-state index in [1.807, 2.05) is 0 Å². The van der Waals surface area contributed by atoms with E-state index in [4.69, 9.17) is 0 Å². The van der Waals surface area contributed by atoms with Crippen molar-refractivity contribution in [3.63, 3.8) is 0 Å². The summed E-state index contributed by atoms with van der Waals surface area (Å²) in [4.78, 5) is 0. The van der Waals surface area contributed by atoms with Crippen LogP contribution < -0.4 is 24.8 Å². The van der Waals surface area contributed by atoms with E-state index < -0.39 is 0 Å². The molecule has 0 saturated heterocycles. The Labute approximate surface area is 174 Å². The van der Waals surface area contributed by atoms with Crippen LogP contribution in [0.2, 0.25) is 0 Å². The molecule has 0 amide bonds. The maximum Gasteiger partial charge on any atom is -1.00 e. The molecule has 0 nitrogen and oxygen atoms in total. The van der Waals surface area contributed by atoms with Crippen molar-refractivity contribution >= 4 is 3.81 Å². The molecule has 3 heteroatoms. The van der Waals surface area contributed by atoms with E-state index in [9.17, 15) is 0 Å². The van der Waals surface area contributed by atoms with Crippen LogP contribution in [0.5, 0.6) is 0 Å². The first-order valence-electron chi connectivity index (χ1n) is 8.64. The molecule has 0 unspecified atom stereocenters. The molecule has 0 aromatic heterocycles. The Balaban J connectivity index is -0.000000283. The number of allylic oxidation sites excluding steroid dienone is 8. The fourth-order valence-electron chi connectivity index (χ4n) is 1.98. The van der Waals surface area contributed by atoms with Gasteiger partial charge in [-0.05, 0) is 0 Å². The number of halogens is 2. The first-order valence-corrected chi connectivity index (χ1v) is 9.42. The van der Waals surface area contributed by atoms with Gasteiger partial charge in [-0.25, -0.2) is 23.3 Å². The van der Waals surface area contributed by atoms with Crippen LogP contribution in [0.25, 0.3) is 0 Å². The Bertz CT molecular complexity index is 380. The van der Waals surface area contributed by atoms with E-state index in [1.54, 1.807) is 0 Å². The monoisotopic (exact) mass is 402 g/mol. The molecule has 0 N–H and O–H groups in total. The molecule has 2 aliphatic rings. The Morgan fingerprint density at radius 1 is 0.875 bits per heavy atom. The van der Waals surface area contributed by atoms with Gasteiger partial charge in [-0.1, -0.05) is 52.4 Å². The molecule has 0 atom stereocenters. The fourth-order valence-corrected chi connectivity index (χ4v) is 1.98. The molecule has 0 aliphatic heterocycles. The van der Waals surface area contributed by atoms with Crippen molar-refractivity contribution in [3.05, 3.63) is 47.6 Å². The minimum atomic E-state index is 0. The molecule has 0 fully saturated rings. The van der Waals surface area contributed by atoms with Crippen LogP contribution in [0.3, 0.4) is 0 Å². The average Bonchev–Trinajstić information content (AvgIpc) is 3.16. The van der Waals surface area contributed by atoms with Gasteiger partial charge in [-0.3, -0.25) is 12.2 Å². The van der Waals surface area contributed by atoms with Gasteiger partial charge >= 0.3 is 37.6 Å². The van der Waals surface area contributed by atoms with Crippen molar-refractivity contribution in [1.29, 1.82) is 0 Å². The third-order valence-electron chi connectivity index (χ3n) is 3.13. The maximum atomic E-state index is 3.30. The summed E-state index contributed by atoms with van der Waals surface area (Å²) in [7, 11) is 0. The van der Waals surface area contributed by atoms with Crippen molar-refractivity contribution in [2.75, 3.05) is 0 Å². The van der Waals surface area contributed by atoms with Gasteiger partial charge in [0, 0.05) is 0 Å². The molecule has 2 aliphatic carbocycles.